The van der Waals surface area contributed by atoms with Crippen LogP contribution in [0.1, 0.15) is 11.5 Å². The SMILES string of the molecule is CSC(=N)c1ccc(C)o1. The minimum Gasteiger partial charge on any atom is -0.459 e. The Labute approximate surface area is 64.1 Å². The summed E-state index contributed by atoms with van der Waals surface area (Å²) in [6.07, 6.45) is 1.86. The Morgan fingerprint density at radius 3 is 2.70 bits per heavy atom. The summed E-state index contributed by atoms with van der Waals surface area (Å²) in [5.74, 6) is 1.51. The van der Waals surface area contributed by atoms with E-state index in [-0.39, 0.29) is 0 Å². The summed E-state index contributed by atoms with van der Waals surface area (Å²) >= 11 is 1.38. The van der Waals surface area contributed by atoms with Gasteiger partial charge < -0.3 is 4.42 Å². The van der Waals surface area contributed by atoms with Crippen molar-refractivity contribution in [3.8, 4) is 0 Å². The van der Waals surface area contributed by atoms with E-state index in [2.05, 4.69) is 0 Å². The van der Waals surface area contributed by atoms with Crippen molar-refractivity contribution in [3.05, 3.63) is 23.7 Å². The maximum Gasteiger partial charge on any atom is 0.158 e. The summed E-state index contributed by atoms with van der Waals surface area (Å²) in [5, 5.41) is 7.84. The van der Waals surface area contributed by atoms with E-state index in [0.29, 0.717) is 10.8 Å². The van der Waals surface area contributed by atoms with E-state index in [0.717, 1.165) is 5.76 Å². The first-order valence-corrected chi connectivity index (χ1v) is 4.16. The molecule has 0 fully saturated rings. The lowest BCUT2D eigenvalue weighted by Gasteiger charge is -1.91. The Morgan fingerprint density at radius 1 is 1.60 bits per heavy atom. The lowest BCUT2D eigenvalue weighted by atomic mass is 10.4. The van der Waals surface area contributed by atoms with Crippen LogP contribution >= 0.6 is 11.8 Å². The quantitative estimate of drug-likeness (QED) is 0.499. The summed E-state index contributed by atoms with van der Waals surface area (Å²) in [6, 6.07) is 3.67. The molecule has 1 aromatic heterocycles. The van der Waals surface area contributed by atoms with E-state index in [9.17, 15) is 0 Å². The van der Waals surface area contributed by atoms with Gasteiger partial charge >= 0.3 is 0 Å². The minimum absolute atomic E-state index is 0.480. The summed E-state index contributed by atoms with van der Waals surface area (Å²) in [5.41, 5.74) is 0. The molecule has 0 aliphatic heterocycles. The van der Waals surface area contributed by atoms with Gasteiger partial charge in [0.05, 0.1) is 0 Å². The number of furan rings is 1. The number of aryl methyl sites for hydroxylation is 1. The number of hydrogen-bond donors (Lipinski definition) is 1. The van der Waals surface area contributed by atoms with Crippen LogP contribution in [0.15, 0.2) is 16.5 Å². The van der Waals surface area contributed by atoms with Crippen molar-refractivity contribution in [3.63, 3.8) is 0 Å². The van der Waals surface area contributed by atoms with Crippen LogP contribution in [-0.4, -0.2) is 11.3 Å². The van der Waals surface area contributed by atoms with Crippen molar-refractivity contribution in [2.24, 2.45) is 0 Å². The zero-order chi connectivity index (χ0) is 7.56. The summed E-state index contributed by atoms with van der Waals surface area (Å²) in [6.45, 7) is 1.87. The molecule has 0 radical (unpaired) electrons. The molecule has 2 nitrogen and oxygen atoms in total. The van der Waals surface area contributed by atoms with Crippen LogP contribution in [0.25, 0.3) is 0 Å². The fourth-order valence-corrected chi connectivity index (χ4v) is 0.968. The third kappa shape index (κ3) is 1.42. The molecular formula is C7H9NOS. The summed E-state index contributed by atoms with van der Waals surface area (Å²) in [4.78, 5) is 0. The molecule has 1 heterocycles. The molecule has 3 heteroatoms. The second kappa shape index (κ2) is 2.92. The van der Waals surface area contributed by atoms with Crippen molar-refractivity contribution in [1.82, 2.24) is 0 Å². The highest BCUT2D eigenvalue weighted by molar-refractivity contribution is 8.13. The standard InChI is InChI=1S/C7H9NOS/c1-5-3-4-6(9-5)7(8)10-2/h3-4,8H,1-2H3. The van der Waals surface area contributed by atoms with Gasteiger partial charge in [-0.3, -0.25) is 5.41 Å². The monoisotopic (exact) mass is 155 g/mol. The highest BCUT2D eigenvalue weighted by Crippen LogP contribution is 2.12. The number of hydrogen-bond acceptors (Lipinski definition) is 3. The van der Waals surface area contributed by atoms with Crippen LogP contribution in [0.3, 0.4) is 0 Å². The maximum atomic E-state index is 7.36. The topological polar surface area (TPSA) is 37.0 Å². The van der Waals surface area contributed by atoms with Gasteiger partial charge in [0, 0.05) is 0 Å². The molecule has 1 aromatic rings. The van der Waals surface area contributed by atoms with Gasteiger partial charge in [0.25, 0.3) is 0 Å². The Kier molecular flexibility index (Phi) is 2.17. The van der Waals surface area contributed by atoms with E-state index in [1.807, 2.05) is 25.3 Å². The molecule has 0 spiro atoms. The van der Waals surface area contributed by atoms with Crippen molar-refractivity contribution >= 4 is 16.8 Å². The zero-order valence-electron chi connectivity index (χ0n) is 5.97. The van der Waals surface area contributed by atoms with Crippen molar-refractivity contribution in [2.75, 3.05) is 6.26 Å². The molecule has 1 rings (SSSR count). The Hall–Kier alpha value is -0.700. The normalized spacial score (nSPS) is 9.80. The Bertz CT molecular complexity index is 242. The van der Waals surface area contributed by atoms with Gasteiger partial charge in [0.2, 0.25) is 0 Å². The Morgan fingerprint density at radius 2 is 2.30 bits per heavy atom. The van der Waals surface area contributed by atoms with E-state index in [1.165, 1.54) is 11.8 Å². The largest absolute Gasteiger partial charge is 0.459 e. The molecule has 0 saturated heterocycles. The number of nitrogens with one attached hydrogen (secondary N) is 1. The molecule has 0 saturated carbocycles. The van der Waals surface area contributed by atoms with Gasteiger partial charge in [-0.25, -0.2) is 0 Å². The minimum atomic E-state index is 0.480. The smallest absolute Gasteiger partial charge is 0.158 e. The van der Waals surface area contributed by atoms with Crippen molar-refractivity contribution < 1.29 is 4.42 Å². The molecule has 0 unspecified atom stereocenters. The van der Waals surface area contributed by atoms with Crippen LogP contribution in [0.2, 0.25) is 0 Å². The second-order valence-corrected chi connectivity index (χ2v) is 2.76. The van der Waals surface area contributed by atoms with Gasteiger partial charge in [-0.05, 0) is 25.3 Å². The first-order chi connectivity index (χ1) is 4.74. The number of thioether (sulfide) groups is 1. The lowest BCUT2D eigenvalue weighted by molar-refractivity contribution is 0.527. The predicted molar refractivity (Wildman–Crippen MR) is 43.8 cm³/mol. The van der Waals surface area contributed by atoms with Gasteiger partial charge in [0.1, 0.15) is 10.8 Å². The Balaban J connectivity index is 2.85. The molecule has 0 bridgehead atoms. The van der Waals surface area contributed by atoms with E-state index in [1.54, 1.807) is 0 Å². The zero-order valence-corrected chi connectivity index (χ0v) is 6.79. The first-order valence-electron chi connectivity index (χ1n) is 2.93. The highest BCUT2D eigenvalue weighted by Gasteiger charge is 2.02. The molecule has 54 valence electrons. The molecule has 0 aliphatic carbocycles. The van der Waals surface area contributed by atoms with Gasteiger partial charge in [-0.2, -0.15) is 0 Å². The summed E-state index contributed by atoms with van der Waals surface area (Å²) in [7, 11) is 0. The molecule has 0 aliphatic rings. The van der Waals surface area contributed by atoms with E-state index < -0.39 is 0 Å². The van der Waals surface area contributed by atoms with Crippen molar-refractivity contribution in [1.29, 1.82) is 5.41 Å². The van der Waals surface area contributed by atoms with E-state index >= 15 is 0 Å². The van der Waals surface area contributed by atoms with Crippen molar-refractivity contribution in [2.45, 2.75) is 6.92 Å². The van der Waals surface area contributed by atoms with Gasteiger partial charge in [-0.1, -0.05) is 0 Å². The molecule has 0 atom stereocenters. The molecule has 0 aromatic carbocycles. The van der Waals surface area contributed by atoms with Gasteiger partial charge in [0.15, 0.2) is 5.76 Å². The summed E-state index contributed by atoms with van der Waals surface area (Å²) < 4.78 is 5.19. The average molecular weight is 155 g/mol. The van der Waals surface area contributed by atoms with Crippen LogP contribution in [0.5, 0.6) is 0 Å². The molecular weight excluding hydrogens is 146 g/mol. The second-order valence-electron chi connectivity index (χ2n) is 1.94. The highest BCUT2D eigenvalue weighted by atomic mass is 32.2. The molecule has 0 amide bonds. The predicted octanol–water partition coefficient (Wildman–Crippen LogP) is 2.28. The lowest BCUT2D eigenvalue weighted by Crippen LogP contribution is -1.86. The first kappa shape index (κ1) is 7.41. The third-order valence-electron chi connectivity index (χ3n) is 1.17. The molecule has 10 heavy (non-hydrogen) atoms. The fourth-order valence-electron chi connectivity index (χ4n) is 0.657. The molecule has 1 N–H and O–H groups in total. The van der Waals surface area contributed by atoms with Crippen LogP contribution in [0.4, 0.5) is 0 Å². The van der Waals surface area contributed by atoms with Crippen LogP contribution in [-0.2, 0) is 0 Å². The van der Waals surface area contributed by atoms with Crippen LogP contribution < -0.4 is 0 Å². The fraction of sp³-hybridized carbons (Fsp3) is 0.286. The average Bonchev–Trinajstić information content (AvgIpc) is 2.34. The van der Waals surface area contributed by atoms with Crippen LogP contribution in [0, 0.1) is 12.3 Å². The number of rotatable bonds is 1. The third-order valence-corrected chi connectivity index (χ3v) is 1.78. The van der Waals surface area contributed by atoms with E-state index in [4.69, 9.17) is 9.83 Å². The maximum absolute atomic E-state index is 7.36. The van der Waals surface area contributed by atoms with Gasteiger partial charge in [-0.15, -0.1) is 11.8 Å².